The Morgan fingerprint density at radius 1 is 1.33 bits per heavy atom. The van der Waals surface area contributed by atoms with Crippen LogP contribution in [0.25, 0.3) is 0 Å². The Labute approximate surface area is 135 Å². The van der Waals surface area contributed by atoms with Crippen LogP contribution < -0.4 is 5.32 Å². The number of nitrogens with zero attached hydrogens (tertiary/aromatic N) is 2. The van der Waals surface area contributed by atoms with E-state index in [1.807, 2.05) is 17.9 Å². The molecule has 3 nitrogen and oxygen atoms in total. The molecule has 1 atom stereocenters. The van der Waals surface area contributed by atoms with Crippen molar-refractivity contribution >= 4 is 15.9 Å². The van der Waals surface area contributed by atoms with Crippen molar-refractivity contribution in [3.8, 4) is 0 Å². The molecule has 2 rings (SSSR count). The van der Waals surface area contributed by atoms with Gasteiger partial charge in [-0.15, -0.1) is 0 Å². The van der Waals surface area contributed by atoms with Crippen LogP contribution in [0.3, 0.4) is 0 Å². The Kier molecular flexibility index (Phi) is 6.00. The highest BCUT2D eigenvalue weighted by atomic mass is 79.9. The average molecular weight is 350 g/mol. The third-order valence-corrected chi connectivity index (χ3v) is 4.35. The molecule has 0 saturated carbocycles. The van der Waals surface area contributed by atoms with Gasteiger partial charge in [0.25, 0.3) is 0 Å². The number of nitrogens with one attached hydrogen (secondary N) is 1. The first-order chi connectivity index (χ1) is 10.1. The van der Waals surface area contributed by atoms with Gasteiger partial charge < -0.3 is 5.32 Å². The highest BCUT2D eigenvalue weighted by Crippen LogP contribution is 2.25. The number of aryl methyl sites for hydroxylation is 3. The monoisotopic (exact) mass is 349 g/mol. The number of aromatic nitrogens is 2. The Morgan fingerprint density at radius 2 is 2.14 bits per heavy atom. The molecular weight excluding hydrogens is 326 g/mol. The van der Waals surface area contributed by atoms with Crippen LogP contribution in [0.2, 0.25) is 0 Å². The van der Waals surface area contributed by atoms with E-state index in [9.17, 15) is 0 Å². The number of hydrogen-bond donors (Lipinski definition) is 1. The third-order valence-electron chi connectivity index (χ3n) is 3.86. The summed E-state index contributed by atoms with van der Waals surface area (Å²) in [6, 6.07) is 9.06. The van der Waals surface area contributed by atoms with Crippen molar-refractivity contribution in [3.63, 3.8) is 0 Å². The smallest absolute Gasteiger partial charge is 0.0492 e. The number of benzene rings is 1. The fraction of sp³-hybridized carbons (Fsp3) is 0.471. The Morgan fingerprint density at radius 3 is 2.76 bits per heavy atom. The van der Waals surface area contributed by atoms with Crippen LogP contribution >= 0.6 is 15.9 Å². The first-order valence-corrected chi connectivity index (χ1v) is 8.37. The first-order valence-electron chi connectivity index (χ1n) is 7.58. The zero-order valence-electron chi connectivity index (χ0n) is 13.1. The minimum Gasteiger partial charge on any atom is -0.310 e. The molecule has 0 saturated heterocycles. The van der Waals surface area contributed by atoms with Crippen LogP contribution in [-0.2, 0) is 13.5 Å². The van der Waals surface area contributed by atoms with Crippen molar-refractivity contribution in [3.05, 3.63) is 51.8 Å². The van der Waals surface area contributed by atoms with Crippen LogP contribution in [-0.4, -0.2) is 16.3 Å². The molecule has 114 valence electrons. The SMILES string of the molecule is CCCNC(CCc1ccnn1C)c1ccc(Br)cc1C. The van der Waals surface area contributed by atoms with Gasteiger partial charge in [-0.25, -0.2) is 0 Å². The largest absolute Gasteiger partial charge is 0.310 e. The molecule has 4 heteroatoms. The molecule has 0 radical (unpaired) electrons. The van der Waals surface area contributed by atoms with Crippen molar-refractivity contribution in [2.75, 3.05) is 6.54 Å². The lowest BCUT2D eigenvalue weighted by Gasteiger charge is -2.21. The molecule has 1 aromatic carbocycles. The van der Waals surface area contributed by atoms with E-state index >= 15 is 0 Å². The topological polar surface area (TPSA) is 29.9 Å². The first kappa shape index (κ1) is 16.2. The van der Waals surface area contributed by atoms with Crippen molar-refractivity contribution in [2.45, 2.75) is 39.2 Å². The second-order valence-corrected chi connectivity index (χ2v) is 6.41. The van der Waals surface area contributed by atoms with Crippen LogP contribution in [0.15, 0.2) is 34.9 Å². The van der Waals surface area contributed by atoms with Crippen LogP contribution in [0.5, 0.6) is 0 Å². The van der Waals surface area contributed by atoms with E-state index in [0.717, 1.165) is 30.3 Å². The van der Waals surface area contributed by atoms with Gasteiger partial charge >= 0.3 is 0 Å². The van der Waals surface area contributed by atoms with Crippen LogP contribution in [0.1, 0.15) is 42.6 Å². The molecule has 0 spiro atoms. The summed E-state index contributed by atoms with van der Waals surface area (Å²) in [5.74, 6) is 0. The summed E-state index contributed by atoms with van der Waals surface area (Å²) in [5, 5.41) is 7.93. The van der Waals surface area contributed by atoms with Gasteiger partial charge in [-0.1, -0.05) is 28.9 Å². The Balaban J connectivity index is 2.12. The van der Waals surface area contributed by atoms with Gasteiger partial charge in [0.2, 0.25) is 0 Å². The minimum absolute atomic E-state index is 0.396. The summed E-state index contributed by atoms with van der Waals surface area (Å²) in [7, 11) is 2.01. The molecule has 0 fully saturated rings. The van der Waals surface area contributed by atoms with Crippen LogP contribution in [0.4, 0.5) is 0 Å². The summed E-state index contributed by atoms with van der Waals surface area (Å²) < 4.78 is 3.11. The van der Waals surface area contributed by atoms with Crippen molar-refractivity contribution < 1.29 is 0 Å². The van der Waals surface area contributed by atoms with Gasteiger partial charge in [0.1, 0.15) is 0 Å². The number of halogens is 1. The number of hydrogen-bond acceptors (Lipinski definition) is 2. The van der Waals surface area contributed by atoms with E-state index in [4.69, 9.17) is 0 Å². The lowest BCUT2D eigenvalue weighted by Crippen LogP contribution is -2.23. The van der Waals surface area contributed by atoms with Gasteiger partial charge in [-0.2, -0.15) is 5.10 Å². The van der Waals surface area contributed by atoms with Gasteiger partial charge in [0, 0.05) is 29.5 Å². The standard InChI is InChI=1S/C17H24BrN3/c1-4-10-19-17(8-6-15-9-11-20-21(15)3)16-7-5-14(18)12-13(16)2/h5,7,9,11-12,17,19H,4,6,8,10H2,1-3H3. The molecule has 0 aliphatic heterocycles. The van der Waals surface area contributed by atoms with Gasteiger partial charge in [-0.05, 0) is 62.1 Å². The molecule has 0 amide bonds. The molecule has 1 N–H and O–H groups in total. The lowest BCUT2D eigenvalue weighted by atomic mass is 9.96. The highest BCUT2D eigenvalue weighted by Gasteiger charge is 2.14. The molecular formula is C17H24BrN3. The maximum absolute atomic E-state index is 4.25. The molecule has 2 aromatic rings. The van der Waals surface area contributed by atoms with E-state index in [0.29, 0.717) is 6.04 Å². The number of rotatable bonds is 7. The predicted molar refractivity (Wildman–Crippen MR) is 91.4 cm³/mol. The van der Waals surface area contributed by atoms with E-state index in [-0.39, 0.29) is 0 Å². The average Bonchev–Trinajstić information content (AvgIpc) is 2.85. The van der Waals surface area contributed by atoms with Crippen molar-refractivity contribution in [1.82, 2.24) is 15.1 Å². The second kappa shape index (κ2) is 7.76. The fourth-order valence-electron chi connectivity index (χ4n) is 2.65. The summed E-state index contributed by atoms with van der Waals surface area (Å²) in [5.41, 5.74) is 4.02. The quantitative estimate of drug-likeness (QED) is 0.812. The Bertz CT molecular complexity index is 577. The predicted octanol–water partition coefficient (Wildman–Crippen LogP) is 4.16. The molecule has 1 unspecified atom stereocenters. The summed E-state index contributed by atoms with van der Waals surface area (Å²) in [6.07, 6.45) is 5.14. The summed E-state index contributed by atoms with van der Waals surface area (Å²) in [4.78, 5) is 0. The third kappa shape index (κ3) is 4.42. The highest BCUT2D eigenvalue weighted by molar-refractivity contribution is 9.10. The fourth-order valence-corrected chi connectivity index (χ4v) is 3.13. The summed E-state index contributed by atoms with van der Waals surface area (Å²) in [6.45, 7) is 5.44. The van der Waals surface area contributed by atoms with Crippen molar-refractivity contribution in [1.29, 1.82) is 0 Å². The maximum atomic E-state index is 4.25. The van der Waals surface area contributed by atoms with E-state index in [2.05, 4.69) is 64.5 Å². The normalized spacial score (nSPS) is 12.6. The van der Waals surface area contributed by atoms with E-state index in [1.165, 1.54) is 16.8 Å². The molecule has 0 aliphatic carbocycles. The van der Waals surface area contributed by atoms with Crippen LogP contribution in [0, 0.1) is 6.92 Å². The van der Waals surface area contributed by atoms with E-state index in [1.54, 1.807) is 0 Å². The molecule has 1 heterocycles. The molecule has 1 aromatic heterocycles. The molecule has 0 aliphatic rings. The minimum atomic E-state index is 0.396. The maximum Gasteiger partial charge on any atom is 0.0492 e. The van der Waals surface area contributed by atoms with Gasteiger partial charge in [0.15, 0.2) is 0 Å². The summed E-state index contributed by atoms with van der Waals surface area (Å²) >= 11 is 3.55. The Hall–Kier alpha value is -1.13. The molecule has 21 heavy (non-hydrogen) atoms. The second-order valence-electron chi connectivity index (χ2n) is 5.49. The molecule has 0 bridgehead atoms. The lowest BCUT2D eigenvalue weighted by molar-refractivity contribution is 0.490. The van der Waals surface area contributed by atoms with E-state index < -0.39 is 0 Å². The van der Waals surface area contributed by atoms with Crippen molar-refractivity contribution in [2.24, 2.45) is 7.05 Å². The zero-order chi connectivity index (χ0) is 15.2. The zero-order valence-corrected chi connectivity index (χ0v) is 14.7. The van der Waals surface area contributed by atoms with Gasteiger partial charge in [-0.3, -0.25) is 4.68 Å². The van der Waals surface area contributed by atoms with Gasteiger partial charge in [0.05, 0.1) is 0 Å².